The smallest absolute Gasteiger partial charge is 0.336 e. The minimum Gasteiger partial charge on any atom is -0.478 e. The lowest BCUT2D eigenvalue weighted by molar-refractivity contribution is -0.384. The summed E-state index contributed by atoms with van der Waals surface area (Å²) in [4.78, 5) is 32.0. The van der Waals surface area contributed by atoms with Gasteiger partial charge in [-0.1, -0.05) is 6.07 Å². The van der Waals surface area contributed by atoms with E-state index in [1.54, 1.807) is 0 Å². The Kier molecular flexibility index (Phi) is 2.77. The molecule has 0 unspecified atom stereocenters. The van der Waals surface area contributed by atoms with Crippen LogP contribution in [0.4, 0.5) is 5.69 Å². The third-order valence-electron chi connectivity index (χ3n) is 2.60. The standard InChI is InChI=1S/C12H7NO5/c14-6-11-9-4-2-8(13(17)18)5-7(9)1-3-10(11)12(15)16/h1-6H,(H,15,16). The molecule has 1 N–H and O–H groups in total. The molecule has 0 fully saturated rings. The van der Waals surface area contributed by atoms with Gasteiger partial charge in [0.05, 0.1) is 10.5 Å². The average molecular weight is 245 g/mol. The fourth-order valence-electron chi connectivity index (χ4n) is 1.77. The summed E-state index contributed by atoms with van der Waals surface area (Å²) < 4.78 is 0. The quantitative estimate of drug-likeness (QED) is 0.508. The average Bonchev–Trinajstić information content (AvgIpc) is 2.36. The number of benzene rings is 2. The molecular formula is C12H7NO5. The minimum absolute atomic E-state index is 0.0231. The highest BCUT2D eigenvalue weighted by molar-refractivity contribution is 6.08. The topological polar surface area (TPSA) is 97.5 Å². The van der Waals surface area contributed by atoms with Crippen molar-refractivity contribution in [3.05, 3.63) is 51.6 Å². The molecule has 0 aliphatic rings. The van der Waals surface area contributed by atoms with Gasteiger partial charge in [-0.05, 0) is 22.9 Å². The van der Waals surface area contributed by atoms with Crippen LogP contribution in [0.1, 0.15) is 20.7 Å². The summed E-state index contributed by atoms with van der Waals surface area (Å²) in [5, 5.41) is 20.4. The predicted molar refractivity (Wildman–Crippen MR) is 62.9 cm³/mol. The Morgan fingerprint density at radius 3 is 2.56 bits per heavy atom. The van der Waals surface area contributed by atoms with E-state index in [4.69, 9.17) is 5.11 Å². The van der Waals surface area contributed by atoms with Gasteiger partial charge in [-0.2, -0.15) is 0 Å². The Bertz CT molecular complexity index is 677. The summed E-state index contributed by atoms with van der Waals surface area (Å²) in [6, 6.07) is 6.62. The van der Waals surface area contributed by atoms with E-state index in [2.05, 4.69) is 0 Å². The van der Waals surface area contributed by atoms with Gasteiger partial charge in [0.1, 0.15) is 0 Å². The lowest BCUT2D eigenvalue weighted by Gasteiger charge is -2.04. The molecule has 0 radical (unpaired) electrons. The molecule has 0 saturated carbocycles. The fourth-order valence-corrected chi connectivity index (χ4v) is 1.77. The number of fused-ring (bicyclic) bond motifs is 1. The molecule has 90 valence electrons. The van der Waals surface area contributed by atoms with Crippen molar-refractivity contribution in [2.24, 2.45) is 0 Å². The van der Waals surface area contributed by atoms with E-state index in [0.717, 1.165) is 0 Å². The SMILES string of the molecule is O=Cc1c(C(=O)O)ccc2cc([N+](=O)[O-])ccc12. The molecule has 6 heteroatoms. The number of carbonyl (C=O) groups excluding carboxylic acids is 1. The number of rotatable bonds is 3. The van der Waals surface area contributed by atoms with E-state index in [1.165, 1.54) is 30.3 Å². The Morgan fingerprint density at radius 2 is 2.00 bits per heavy atom. The number of hydrogen-bond donors (Lipinski definition) is 1. The van der Waals surface area contributed by atoms with Crippen molar-refractivity contribution in [3.63, 3.8) is 0 Å². The van der Waals surface area contributed by atoms with Crippen molar-refractivity contribution < 1.29 is 19.6 Å². The fraction of sp³-hybridized carbons (Fsp3) is 0. The van der Waals surface area contributed by atoms with Gasteiger partial charge in [-0.3, -0.25) is 14.9 Å². The maximum Gasteiger partial charge on any atom is 0.336 e. The van der Waals surface area contributed by atoms with Crippen molar-refractivity contribution in [2.45, 2.75) is 0 Å². The lowest BCUT2D eigenvalue weighted by Crippen LogP contribution is -2.02. The number of carbonyl (C=O) groups is 2. The van der Waals surface area contributed by atoms with E-state index in [9.17, 15) is 19.7 Å². The van der Waals surface area contributed by atoms with Crippen LogP contribution in [-0.4, -0.2) is 22.3 Å². The number of nitro groups is 1. The first-order chi connectivity index (χ1) is 8.54. The minimum atomic E-state index is -1.21. The highest BCUT2D eigenvalue weighted by atomic mass is 16.6. The summed E-state index contributed by atoms with van der Waals surface area (Å²) in [7, 11) is 0. The van der Waals surface area contributed by atoms with Crippen LogP contribution in [0, 0.1) is 10.1 Å². The molecule has 0 aliphatic heterocycles. The third-order valence-corrected chi connectivity index (χ3v) is 2.60. The second-order valence-electron chi connectivity index (χ2n) is 3.61. The summed E-state index contributed by atoms with van der Waals surface area (Å²) in [5.74, 6) is -1.21. The number of carboxylic acid groups (broad SMARTS) is 1. The second-order valence-corrected chi connectivity index (χ2v) is 3.61. The van der Waals surface area contributed by atoms with Gasteiger partial charge >= 0.3 is 5.97 Å². The Labute approximate surface area is 101 Å². The largest absolute Gasteiger partial charge is 0.478 e. The molecule has 2 rings (SSSR count). The summed E-state index contributed by atoms with van der Waals surface area (Å²) >= 11 is 0. The zero-order chi connectivity index (χ0) is 13.3. The highest BCUT2D eigenvalue weighted by Gasteiger charge is 2.14. The maximum atomic E-state index is 11.0. The van der Waals surface area contributed by atoms with E-state index in [1.807, 2.05) is 0 Å². The van der Waals surface area contributed by atoms with Gasteiger partial charge < -0.3 is 5.11 Å². The van der Waals surface area contributed by atoms with Gasteiger partial charge in [0, 0.05) is 17.7 Å². The first-order valence-corrected chi connectivity index (χ1v) is 4.94. The second kappa shape index (κ2) is 4.25. The third kappa shape index (κ3) is 1.80. The molecule has 2 aromatic carbocycles. The molecule has 6 nitrogen and oxygen atoms in total. The van der Waals surface area contributed by atoms with Crippen LogP contribution in [0.25, 0.3) is 10.8 Å². The van der Waals surface area contributed by atoms with E-state index < -0.39 is 10.9 Å². The molecule has 0 aliphatic carbocycles. The molecule has 0 saturated heterocycles. The molecule has 0 aromatic heterocycles. The Hall–Kier alpha value is -2.76. The van der Waals surface area contributed by atoms with Crippen LogP contribution >= 0.6 is 0 Å². The highest BCUT2D eigenvalue weighted by Crippen LogP contribution is 2.25. The molecule has 0 atom stereocenters. The van der Waals surface area contributed by atoms with Crippen LogP contribution < -0.4 is 0 Å². The maximum absolute atomic E-state index is 11.0. The van der Waals surface area contributed by atoms with Gasteiger partial charge in [-0.15, -0.1) is 0 Å². The molecule has 0 bridgehead atoms. The number of carboxylic acids is 1. The normalized spacial score (nSPS) is 10.2. The van der Waals surface area contributed by atoms with Gasteiger partial charge in [0.2, 0.25) is 0 Å². The molecule has 2 aromatic rings. The monoisotopic (exact) mass is 245 g/mol. The van der Waals surface area contributed by atoms with Crippen LogP contribution in [-0.2, 0) is 0 Å². The first kappa shape index (κ1) is 11.7. The Morgan fingerprint density at radius 1 is 1.28 bits per heavy atom. The van der Waals surface area contributed by atoms with Gasteiger partial charge in [0.15, 0.2) is 6.29 Å². The van der Waals surface area contributed by atoms with E-state index >= 15 is 0 Å². The van der Waals surface area contributed by atoms with Crippen LogP contribution in [0.5, 0.6) is 0 Å². The molecule has 0 heterocycles. The number of aldehydes is 1. The number of nitrogens with zero attached hydrogens (tertiary/aromatic N) is 1. The lowest BCUT2D eigenvalue weighted by atomic mass is 9.99. The Balaban J connectivity index is 2.79. The number of hydrogen-bond acceptors (Lipinski definition) is 4. The number of non-ortho nitro benzene ring substituents is 1. The van der Waals surface area contributed by atoms with Crippen molar-refractivity contribution in [3.8, 4) is 0 Å². The first-order valence-electron chi connectivity index (χ1n) is 4.94. The van der Waals surface area contributed by atoms with Crippen molar-refractivity contribution in [1.29, 1.82) is 0 Å². The van der Waals surface area contributed by atoms with Crippen molar-refractivity contribution in [2.75, 3.05) is 0 Å². The molecule has 18 heavy (non-hydrogen) atoms. The van der Waals surface area contributed by atoms with Crippen molar-refractivity contribution >= 4 is 28.7 Å². The zero-order valence-electron chi connectivity index (χ0n) is 8.99. The van der Waals surface area contributed by atoms with Gasteiger partial charge in [0.25, 0.3) is 5.69 Å². The van der Waals surface area contributed by atoms with Crippen LogP contribution in [0.3, 0.4) is 0 Å². The van der Waals surface area contributed by atoms with E-state index in [-0.39, 0.29) is 16.8 Å². The van der Waals surface area contributed by atoms with Crippen LogP contribution in [0.2, 0.25) is 0 Å². The van der Waals surface area contributed by atoms with Crippen molar-refractivity contribution in [1.82, 2.24) is 0 Å². The van der Waals surface area contributed by atoms with E-state index in [0.29, 0.717) is 17.1 Å². The summed E-state index contributed by atoms with van der Waals surface area (Å²) in [6.07, 6.45) is 0.442. The summed E-state index contributed by atoms with van der Waals surface area (Å²) in [5.41, 5.74) is -0.205. The molecule has 0 amide bonds. The van der Waals surface area contributed by atoms with Crippen LogP contribution in [0.15, 0.2) is 30.3 Å². The predicted octanol–water partition coefficient (Wildman–Crippen LogP) is 2.26. The molecule has 0 spiro atoms. The number of nitro benzene ring substituents is 1. The number of aromatic carboxylic acids is 1. The summed E-state index contributed by atoms with van der Waals surface area (Å²) in [6.45, 7) is 0. The van der Waals surface area contributed by atoms with Gasteiger partial charge in [-0.25, -0.2) is 4.79 Å². The molecular weight excluding hydrogens is 238 g/mol. The zero-order valence-corrected chi connectivity index (χ0v) is 8.99.